The Morgan fingerprint density at radius 2 is 2.04 bits per heavy atom. The zero-order valence-corrected chi connectivity index (χ0v) is 16.3. The Morgan fingerprint density at radius 1 is 1.29 bits per heavy atom. The molecule has 0 unspecified atom stereocenters. The molecule has 146 valence electrons. The van der Waals surface area contributed by atoms with Crippen molar-refractivity contribution < 1.29 is 24.2 Å². The predicted octanol–water partition coefficient (Wildman–Crippen LogP) is 3.94. The van der Waals surface area contributed by atoms with Crippen LogP contribution in [0.4, 0.5) is 5.69 Å². The van der Waals surface area contributed by atoms with Crippen molar-refractivity contribution in [2.75, 3.05) is 0 Å². The number of isocyanates is 1. The van der Waals surface area contributed by atoms with Crippen molar-refractivity contribution in [3.63, 3.8) is 0 Å². The van der Waals surface area contributed by atoms with Crippen LogP contribution >= 0.6 is 0 Å². The van der Waals surface area contributed by atoms with Gasteiger partial charge in [0.1, 0.15) is 6.61 Å². The highest BCUT2D eigenvalue weighted by Crippen LogP contribution is 2.39. The molecule has 0 bridgehead atoms. The molecule has 6 nitrogen and oxygen atoms in total. The maximum atomic E-state index is 12.2. The molecule has 2 rings (SSSR count). The van der Waals surface area contributed by atoms with Crippen LogP contribution in [-0.2, 0) is 33.8 Å². The number of hydrogen-bond acceptors (Lipinski definition) is 5. The van der Waals surface area contributed by atoms with Crippen LogP contribution in [0.3, 0.4) is 0 Å². The third kappa shape index (κ3) is 4.76. The topological polar surface area (TPSA) is 93.0 Å². The van der Waals surface area contributed by atoms with Gasteiger partial charge in [-0.05, 0) is 43.4 Å². The van der Waals surface area contributed by atoms with E-state index in [1.165, 1.54) is 0 Å². The Labute approximate surface area is 164 Å². The van der Waals surface area contributed by atoms with E-state index in [4.69, 9.17) is 9.84 Å². The molecule has 0 fully saturated rings. The number of esters is 1. The summed E-state index contributed by atoms with van der Waals surface area (Å²) in [5.74, 6) is 4.81. The number of aliphatic carboxylic acids is 1. The first-order chi connectivity index (χ1) is 13.4. The summed E-state index contributed by atoms with van der Waals surface area (Å²) in [6.07, 6.45) is 5.55. The summed E-state index contributed by atoms with van der Waals surface area (Å²) in [5, 5.41) is 8.85. The van der Waals surface area contributed by atoms with Crippen LogP contribution in [0.5, 0.6) is 0 Å². The molecule has 0 atom stereocenters. The van der Waals surface area contributed by atoms with Crippen molar-refractivity contribution in [2.24, 2.45) is 4.99 Å². The highest BCUT2D eigenvalue weighted by Gasteiger charge is 2.31. The number of fused-ring (bicyclic) bond motifs is 1. The summed E-state index contributed by atoms with van der Waals surface area (Å²) < 4.78 is 5.17. The fourth-order valence-corrected chi connectivity index (χ4v) is 3.23. The highest BCUT2D eigenvalue weighted by molar-refractivity contribution is 6.00. The smallest absolute Gasteiger partial charge is 0.341 e. The van der Waals surface area contributed by atoms with E-state index in [0.717, 1.165) is 34.2 Å². The summed E-state index contributed by atoms with van der Waals surface area (Å²) in [4.78, 5) is 37.9. The summed E-state index contributed by atoms with van der Waals surface area (Å²) in [7, 11) is 0. The van der Waals surface area contributed by atoms with Crippen LogP contribution in [-0.4, -0.2) is 23.1 Å². The van der Waals surface area contributed by atoms with E-state index in [1.54, 1.807) is 6.08 Å². The summed E-state index contributed by atoms with van der Waals surface area (Å²) in [6.45, 7) is 5.90. The minimum Gasteiger partial charge on any atom is -0.481 e. The van der Waals surface area contributed by atoms with Crippen molar-refractivity contribution in [1.82, 2.24) is 0 Å². The Balaban J connectivity index is 2.59. The minimum atomic E-state index is -0.856. The van der Waals surface area contributed by atoms with Gasteiger partial charge in [-0.1, -0.05) is 24.5 Å². The van der Waals surface area contributed by atoms with Crippen LogP contribution in [0.15, 0.2) is 16.6 Å². The van der Waals surface area contributed by atoms with E-state index in [-0.39, 0.29) is 18.7 Å². The number of carbonyl (C=O) groups is 2. The van der Waals surface area contributed by atoms with Gasteiger partial charge in [0.05, 0.1) is 11.3 Å². The molecule has 1 aromatic rings. The molecular weight excluding hydrogens is 358 g/mol. The van der Waals surface area contributed by atoms with Crippen LogP contribution < -0.4 is 0 Å². The Morgan fingerprint density at radius 3 is 2.68 bits per heavy atom. The van der Waals surface area contributed by atoms with Gasteiger partial charge in [-0.2, -0.15) is 4.99 Å². The first kappa shape index (κ1) is 21.1. The number of allylic oxidation sites excluding steroid dienone is 2. The monoisotopic (exact) mass is 381 g/mol. The average molecular weight is 381 g/mol. The van der Waals surface area contributed by atoms with Gasteiger partial charge in [0, 0.05) is 24.8 Å². The van der Waals surface area contributed by atoms with E-state index in [2.05, 4.69) is 16.8 Å². The molecule has 0 amide bonds. The first-order valence-electron chi connectivity index (χ1n) is 9.15. The number of ether oxygens (including phenoxy) is 1. The fraction of sp³-hybridized carbons (Fsp3) is 0.409. The highest BCUT2D eigenvalue weighted by atomic mass is 16.5. The van der Waals surface area contributed by atoms with E-state index < -0.39 is 11.9 Å². The average Bonchev–Trinajstić information content (AvgIpc) is 3.04. The Kier molecular flexibility index (Phi) is 7.31. The van der Waals surface area contributed by atoms with Gasteiger partial charge in [0.15, 0.2) is 0 Å². The lowest BCUT2D eigenvalue weighted by Crippen LogP contribution is -2.05. The molecule has 1 aliphatic rings. The third-order valence-electron chi connectivity index (χ3n) is 4.76. The molecule has 0 aromatic heterocycles. The van der Waals surface area contributed by atoms with Crippen molar-refractivity contribution in [3.05, 3.63) is 39.5 Å². The molecular formula is C22H23NO5. The maximum Gasteiger partial charge on any atom is 0.341 e. The Hall–Kier alpha value is -3.16. The molecule has 0 aliphatic carbocycles. The molecule has 0 radical (unpaired) electrons. The van der Waals surface area contributed by atoms with E-state index in [1.807, 2.05) is 26.8 Å². The van der Waals surface area contributed by atoms with Gasteiger partial charge in [0.25, 0.3) is 0 Å². The lowest BCUT2D eigenvalue weighted by atomic mass is 9.88. The zero-order chi connectivity index (χ0) is 20.7. The molecule has 0 saturated carbocycles. The van der Waals surface area contributed by atoms with Crippen LogP contribution in [0.2, 0.25) is 0 Å². The van der Waals surface area contributed by atoms with E-state index in [9.17, 15) is 14.4 Å². The Bertz CT molecular complexity index is 940. The van der Waals surface area contributed by atoms with Gasteiger partial charge in [-0.3, -0.25) is 4.79 Å². The summed E-state index contributed by atoms with van der Waals surface area (Å²) in [6, 6.07) is 0. The lowest BCUT2D eigenvalue weighted by Gasteiger charge is -2.16. The number of benzene rings is 1. The molecule has 1 aromatic carbocycles. The third-order valence-corrected chi connectivity index (χ3v) is 4.76. The molecule has 28 heavy (non-hydrogen) atoms. The summed E-state index contributed by atoms with van der Waals surface area (Å²) >= 11 is 0. The number of carboxylic acids is 1. The van der Waals surface area contributed by atoms with Crippen molar-refractivity contribution in [2.45, 2.75) is 59.5 Å². The molecule has 1 heterocycles. The quantitative estimate of drug-likeness (QED) is 0.254. The molecule has 0 spiro atoms. The second-order valence-corrected chi connectivity index (χ2v) is 6.60. The van der Waals surface area contributed by atoms with Crippen LogP contribution in [0.1, 0.15) is 65.7 Å². The minimum absolute atomic E-state index is 0.0477. The van der Waals surface area contributed by atoms with E-state index in [0.29, 0.717) is 24.8 Å². The largest absolute Gasteiger partial charge is 0.481 e. The van der Waals surface area contributed by atoms with E-state index >= 15 is 0 Å². The molecule has 6 heteroatoms. The summed E-state index contributed by atoms with van der Waals surface area (Å²) in [5.41, 5.74) is 4.83. The van der Waals surface area contributed by atoms with Gasteiger partial charge < -0.3 is 9.84 Å². The van der Waals surface area contributed by atoms with Gasteiger partial charge >= 0.3 is 11.9 Å². The molecule has 1 aliphatic heterocycles. The fourth-order valence-electron chi connectivity index (χ4n) is 3.23. The van der Waals surface area contributed by atoms with Crippen LogP contribution in [0.25, 0.3) is 0 Å². The van der Waals surface area contributed by atoms with Gasteiger partial charge in [0.2, 0.25) is 6.08 Å². The lowest BCUT2D eigenvalue weighted by molar-refractivity contribution is -0.136. The van der Waals surface area contributed by atoms with Crippen molar-refractivity contribution in [3.8, 4) is 11.8 Å². The van der Waals surface area contributed by atoms with Gasteiger partial charge in [-0.25, -0.2) is 9.59 Å². The second-order valence-electron chi connectivity index (χ2n) is 6.60. The van der Waals surface area contributed by atoms with Gasteiger partial charge in [-0.15, -0.1) is 5.92 Å². The van der Waals surface area contributed by atoms with Crippen LogP contribution in [0, 0.1) is 18.8 Å². The first-order valence-corrected chi connectivity index (χ1v) is 9.15. The number of hydrogen-bond donors (Lipinski definition) is 1. The number of cyclic esters (lactones) is 1. The number of aliphatic imine (C=N–C) groups is 1. The normalized spacial score (nSPS) is 12.5. The standard InChI is InChI=1S/C22H23NO5/c1-4-5-6-7-16-15(3)18-12-28-22(27)20(18)21(23-13-24)17(16)10-8-14(2)9-11-19(25)26/h8H,4,7,9-12H2,1-3H3,(H,25,26)/b14-8+. The van der Waals surface area contributed by atoms with Crippen molar-refractivity contribution >= 4 is 23.7 Å². The number of rotatable bonds is 7. The number of nitrogens with zero attached hydrogens (tertiary/aromatic N) is 1. The van der Waals surface area contributed by atoms with Crippen molar-refractivity contribution in [1.29, 1.82) is 0 Å². The molecule has 1 N–H and O–H groups in total. The number of carboxylic acid groups (broad SMARTS) is 1. The molecule has 0 saturated heterocycles. The SMILES string of the molecule is CCC#CCc1c(C)c2c(c(N=C=O)c1C/C=C(\C)CCC(=O)O)C(=O)OC2. The number of carbonyl (C=O) groups excluding carboxylic acids is 2. The zero-order valence-electron chi connectivity index (χ0n) is 16.3. The predicted molar refractivity (Wildman–Crippen MR) is 104 cm³/mol. The second kappa shape index (κ2) is 9.68. The maximum absolute atomic E-state index is 12.2.